The van der Waals surface area contributed by atoms with Crippen molar-refractivity contribution in [3.8, 4) is 17.2 Å². The maximum Gasteiger partial charge on any atom is 0.311 e. The van der Waals surface area contributed by atoms with Crippen molar-refractivity contribution < 1.29 is 14.4 Å². The van der Waals surface area contributed by atoms with Crippen molar-refractivity contribution in [2.45, 2.75) is 12.0 Å². The highest BCUT2D eigenvalue weighted by Crippen LogP contribution is 2.44. The fourth-order valence-electron chi connectivity index (χ4n) is 5.25. The first-order valence-electron chi connectivity index (χ1n) is 12.2. The number of hydrogen-bond acceptors (Lipinski definition) is 5. The number of halogens is 1. The van der Waals surface area contributed by atoms with Crippen LogP contribution in [0.25, 0.3) is 10.9 Å². The Labute approximate surface area is 224 Å². The molecular formula is C30H24ClN3O4. The summed E-state index contributed by atoms with van der Waals surface area (Å²) in [7, 11) is 1.58. The third-order valence-corrected chi connectivity index (χ3v) is 7.37. The summed E-state index contributed by atoms with van der Waals surface area (Å²) < 4.78 is 11.1. The zero-order valence-corrected chi connectivity index (χ0v) is 21.2. The van der Waals surface area contributed by atoms with Crippen molar-refractivity contribution in [2.24, 2.45) is 0 Å². The summed E-state index contributed by atoms with van der Waals surface area (Å²) in [6.45, 7) is 0.626. The number of methoxy groups -OCH3 is 1. The topological polar surface area (TPSA) is 89.4 Å². The van der Waals surface area contributed by atoms with E-state index in [0.29, 0.717) is 23.1 Å². The zero-order chi connectivity index (χ0) is 26.2. The van der Waals surface area contributed by atoms with Gasteiger partial charge in [0.2, 0.25) is 5.75 Å². The summed E-state index contributed by atoms with van der Waals surface area (Å²) in [5.74, 6) is 1.36. The summed E-state index contributed by atoms with van der Waals surface area (Å²) in [5.41, 5.74) is 4.84. The van der Waals surface area contributed by atoms with Crippen molar-refractivity contribution >= 4 is 28.2 Å². The highest BCUT2D eigenvalue weighted by molar-refractivity contribution is 6.31. The molecule has 0 spiro atoms. The van der Waals surface area contributed by atoms with E-state index in [-0.39, 0.29) is 23.4 Å². The van der Waals surface area contributed by atoms with Gasteiger partial charge in [0.05, 0.1) is 18.1 Å². The minimum atomic E-state index is -0.413. The van der Waals surface area contributed by atoms with Crippen LogP contribution in [0.3, 0.4) is 0 Å². The first-order chi connectivity index (χ1) is 18.5. The minimum absolute atomic E-state index is 0.0266. The molecule has 0 unspecified atom stereocenters. The van der Waals surface area contributed by atoms with Gasteiger partial charge in [0.1, 0.15) is 11.5 Å². The second-order valence-corrected chi connectivity index (χ2v) is 9.58. The summed E-state index contributed by atoms with van der Waals surface area (Å²) in [4.78, 5) is 15.2. The number of nitrogens with zero attached hydrogens (tertiary/aromatic N) is 1. The number of fused-ring (bicyclic) bond motifs is 3. The molecule has 2 N–H and O–H groups in total. The highest BCUT2D eigenvalue weighted by atomic mass is 35.5. The van der Waals surface area contributed by atoms with Gasteiger partial charge < -0.3 is 19.8 Å². The lowest BCUT2D eigenvalue weighted by Gasteiger charge is -2.31. The van der Waals surface area contributed by atoms with Gasteiger partial charge in [-0.15, -0.1) is 0 Å². The van der Waals surface area contributed by atoms with E-state index in [1.165, 1.54) is 0 Å². The minimum Gasteiger partial charge on any atom is -0.497 e. The Hall–Kier alpha value is -4.33. The van der Waals surface area contributed by atoms with Crippen LogP contribution in [-0.2, 0) is 0 Å². The molecule has 7 nitrogen and oxygen atoms in total. The molecular weight excluding hydrogens is 502 g/mol. The largest absolute Gasteiger partial charge is 0.497 e. The molecule has 1 aliphatic heterocycles. The van der Waals surface area contributed by atoms with E-state index in [9.17, 15) is 10.1 Å². The van der Waals surface area contributed by atoms with Crippen molar-refractivity contribution in [3.05, 3.63) is 129 Å². The highest BCUT2D eigenvalue weighted by Gasteiger charge is 2.34. The predicted molar refractivity (Wildman–Crippen MR) is 148 cm³/mol. The molecule has 2 heterocycles. The van der Waals surface area contributed by atoms with E-state index < -0.39 is 4.92 Å². The number of ether oxygens (including phenoxy) is 2. The Kier molecular flexibility index (Phi) is 6.23. The van der Waals surface area contributed by atoms with Gasteiger partial charge in [-0.25, -0.2) is 0 Å². The van der Waals surface area contributed by atoms with Crippen LogP contribution < -0.4 is 14.8 Å². The lowest BCUT2D eigenvalue weighted by Crippen LogP contribution is -2.34. The number of rotatable bonds is 6. The second-order valence-electron chi connectivity index (χ2n) is 9.18. The van der Waals surface area contributed by atoms with Gasteiger partial charge in [-0.3, -0.25) is 10.1 Å². The van der Waals surface area contributed by atoms with Crippen LogP contribution in [-0.4, -0.2) is 23.6 Å². The molecule has 0 bridgehead atoms. The Morgan fingerprint density at radius 2 is 1.68 bits per heavy atom. The fraction of sp³-hybridized carbons (Fsp3) is 0.133. The third-order valence-electron chi connectivity index (χ3n) is 7.02. The molecule has 6 rings (SSSR count). The first kappa shape index (κ1) is 24.0. The Balaban J connectivity index is 1.42. The molecule has 0 fully saturated rings. The molecule has 0 amide bonds. The van der Waals surface area contributed by atoms with Gasteiger partial charge >= 0.3 is 5.69 Å². The molecule has 0 radical (unpaired) electrons. The predicted octanol–water partition coefficient (Wildman–Crippen LogP) is 7.35. The van der Waals surface area contributed by atoms with Crippen molar-refractivity contribution in [1.82, 2.24) is 10.3 Å². The van der Waals surface area contributed by atoms with E-state index in [4.69, 9.17) is 21.1 Å². The molecule has 5 aromatic rings. The monoisotopic (exact) mass is 525 g/mol. The lowest BCUT2D eigenvalue weighted by molar-refractivity contribution is -0.385. The van der Waals surface area contributed by atoms with Crippen molar-refractivity contribution in [3.63, 3.8) is 0 Å². The molecule has 2 atom stereocenters. The van der Waals surface area contributed by atoms with E-state index in [0.717, 1.165) is 33.3 Å². The second kappa shape index (κ2) is 9.85. The zero-order valence-electron chi connectivity index (χ0n) is 20.5. The maximum absolute atomic E-state index is 12.1. The molecule has 190 valence electrons. The Bertz CT molecular complexity index is 1650. The molecule has 4 aromatic carbocycles. The van der Waals surface area contributed by atoms with Crippen molar-refractivity contribution in [2.75, 3.05) is 13.7 Å². The van der Waals surface area contributed by atoms with Crippen LogP contribution in [0.4, 0.5) is 5.69 Å². The summed E-state index contributed by atoms with van der Waals surface area (Å²) >= 11 is 6.62. The van der Waals surface area contributed by atoms with Crippen LogP contribution >= 0.6 is 11.6 Å². The number of hydrogen-bond donors (Lipinski definition) is 2. The molecule has 8 heteroatoms. The molecule has 0 saturated heterocycles. The SMILES string of the molecule is COc1ccc(Oc2ccc([C@H]3NC[C@H](c4ccccc4Cl)c4c3[nH]c3ccccc43)cc2[N+](=O)[O-])cc1. The van der Waals surface area contributed by atoms with Crippen molar-refractivity contribution in [1.29, 1.82) is 0 Å². The van der Waals surface area contributed by atoms with Crippen LogP contribution in [0.1, 0.15) is 34.3 Å². The Morgan fingerprint density at radius 1 is 0.947 bits per heavy atom. The summed E-state index contributed by atoms with van der Waals surface area (Å²) in [5, 5.41) is 17.5. The van der Waals surface area contributed by atoms with Gasteiger partial charge in [-0.1, -0.05) is 54.1 Å². The maximum atomic E-state index is 12.1. The average molecular weight is 526 g/mol. The number of nitrogens with one attached hydrogen (secondary N) is 2. The third kappa shape index (κ3) is 4.26. The van der Waals surface area contributed by atoms with Gasteiger partial charge in [-0.2, -0.15) is 0 Å². The molecule has 38 heavy (non-hydrogen) atoms. The quantitative estimate of drug-likeness (QED) is 0.179. The number of aromatic amines is 1. The molecule has 1 aliphatic rings. The number of nitro benzene ring substituents is 1. The fourth-order valence-corrected chi connectivity index (χ4v) is 5.52. The van der Waals surface area contributed by atoms with Gasteiger partial charge in [0, 0.05) is 40.1 Å². The number of aromatic nitrogens is 1. The molecule has 1 aromatic heterocycles. The van der Waals surface area contributed by atoms with Gasteiger partial charge in [0.15, 0.2) is 0 Å². The molecule has 0 saturated carbocycles. The number of H-pyrrole nitrogens is 1. The van der Waals surface area contributed by atoms with Crippen LogP contribution in [0.2, 0.25) is 5.02 Å². The normalized spacial score (nSPS) is 16.7. The van der Waals surface area contributed by atoms with Gasteiger partial charge in [0.25, 0.3) is 0 Å². The smallest absolute Gasteiger partial charge is 0.311 e. The molecule has 0 aliphatic carbocycles. The van der Waals surface area contributed by atoms with Crippen LogP contribution in [0.15, 0.2) is 91.0 Å². The first-order valence-corrected chi connectivity index (χ1v) is 12.6. The standard InChI is InChI=1S/C30H24ClN3O4/c1-37-19-11-13-20(14-12-19)38-27-15-10-18(16-26(27)34(35)36)29-30-28(22-7-3-5-9-25(22)33-30)23(17-32-29)21-6-2-4-8-24(21)31/h2-16,23,29,32-33H,17H2,1H3/t23-,29-/m1/s1. The summed E-state index contributed by atoms with van der Waals surface area (Å²) in [6, 6.07) is 27.8. The Morgan fingerprint density at radius 3 is 2.45 bits per heavy atom. The number of para-hydroxylation sites is 1. The van der Waals surface area contributed by atoms with E-state index in [2.05, 4.69) is 22.4 Å². The van der Waals surface area contributed by atoms with E-state index >= 15 is 0 Å². The average Bonchev–Trinajstić information content (AvgIpc) is 3.33. The van der Waals surface area contributed by atoms with Crippen LogP contribution in [0.5, 0.6) is 17.2 Å². The van der Waals surface area contributed by atoms with E-state index in [1.807, 2.05) is 42.5 Å². The lowest BCUT2D eigenvalue weighted by atomic mass is 9.83. The van der Waals surface area contributed by atoms with Gasteiger partial charge in [-0.05, 0) is 59.2 Å². The number of nitro groups is 1. The van der Waals surface area contributed by atoms with E-state index in [1.54, 1.807) is 43.5 Å². The van der Waals surface area contributed by atoms with Crippen LogP contribution in [0, 0.1) is 10.1 Å². The summed E-state index contributed by atoms with van der Waals surface area (Å²) in [6.07, 6.45) is 0. The number of benzene rings is 4.